The maximum Gasteiger partial charge on any atom is 0.318 e. The molecule has 0 fully saturated rings. The number of fused-ring (bicyclic) bond motifs is 1. The number of Topliss-reactive ketones (excluding diaryl/α,β-unsaturated/α-hetero) is 1. The number of primary amides is 1. The second-order valence-corrected chi connectivity index (χ2v) is 6.49. The molecule has 0 unspecified atom stereocenters. The van der Waals surface area contributed by atoms with E-state index in [1.807, 2.05) is 18.2 Å². The normalized spacial score (nSPS) is 10.5. The molecule has 0 aliphatic rings. The average molecular weight is 369 g/mol. The third-order valence-electron chi connectivity index (χ3n) is 3.48. The highest BCUT2D eigenvalue weighted by Gasteiger charge is 2.11. The summed E-state index contributed by atoms with van der Waals surface area (Å²) in [5, 5.41) is 5.61. The summed E-state index contributed by atoms with van der Waals surface area (Å²) < 4.78 is 0.889. The monoisotopic (exact) mass is 369 g/mol. The number of amides is 3. The van der Waals surface area contributed by atoms with Gasteiger partial charge < -0.3 is 11.1 Å². The van der Waals surface area contributed by atoms with E-state index in [-0.39, 0.29) is 29.6 Å². The number of anilines is 1. The summed E-state index contributed by atoms with van der Waals surface area (Å²) in [4.78, 5) is 42.8. The van der Waals surface area contributed by atoms with Gasteiger partial charge in [0.2, 0.25) is 0 Å². The van der Waals surface area contributed by atoms with Crippen molar-refractivity contribution in [2.75, 3.05) is 5.32 Å². The summed E-state index contributed by atoms with van der Waals surface area (Å²) in [6, 6.07) is 9.59. The topological polar surface area (TPSA) is 127 Å². The fraction of sp³-hybridized carbons (Fsp3) is 0.118. The van der Waals surface area contributed by atoms with Crippen molar-refractivity contribution in [3.05, 3.63) is 53.3 Å². The van der Waals surface area contributed by atoms with Crippen molar-refractivity contribution in [3.63, 3.8) is 0 Å². The number of aromatic nitrogens is 2. The lowest BCUT2D eigenvalue weighted by Crippen LogP contribution is -2.24. The summed E-state index contributed by atoms with van der Waals surface area (Å²) in [5.74, 6) is -0.573. The predicted octanol–water partition coefficient (Wildman–Crippen LogP) is 2.31. The lowest BCUT2D eigenvalue weighted by Gasteiger charge is -2.06. The van der Waals surface area contributed by atoms with Crippen LogP contribution in [0.4, 0.5) is 9.93 Å². The number of hydrogen-bond acceptors (Lipinski definition) is 6. The molecule has 3 rings (SSSR count). The first-order valence-corrected chi connectivity index (χ1v) is 8.46. The van der Waals surface area contributed by atoms with Crippen molar-refractivity contribution in [2.45, 2.75) is 13.5 Å². The molecule has 0 spiro atoms. The van der Waals surface area contributed by atoms with Crippen LogP contribution >= 0.6 is 11.3 Å². The Kier molecular flexibility index (Phi) is 4.90. The smallest absolute Gasteiger partial charge is 0.318 e. The van der Waals surface area contributed by atoms with Gasteiger partial charge in [-0.25, -0.2) is 14.8 Å². The molecule has 0 saturated carbocycles. The number of thiazole rings is 1. The lowest BCUT2D eigenvalue weighted by molar-refractivity contribution is 0.0945. The fourth-order valence-corrected chi connectivity index (χ4v) is 3.12. The van der Waals surface area contributed by atoms with Crippen LogP contribution in [0, 0.1) is 0 Å². The standard InChI is InChI=1S/C17H15N5O3S/c1-9(23)11-3-2-4-12(20-11)15(24)19-8-10-5-6-14-13(7-10)21-17(26-14)22-16(18)25/h2-7H,8H2,1H3,(H,19,24)(H3,18,21,22,25). The molecule has 0 atom stereocenters. The molecule has 8 nitrogen and oxygen atoms in total. The second-order valence-electron chi connectivity index (χ2n) is 5.46. The maximum atomic E-state index is 12.2. The van der Waals surface area contributed by atoms with Crippen molar-refractivity contribution in [3.8, 4) is 0 Å². The molecule has 4 N–H and O–H groups in total. The predicted molar refractivity (Wildman–Crippen MR) is 98.2 cm³/mol. The maximum absolute atomic E-state index is 12.2. The number of benzene rings is 1. The Morgan fingerprint density at radius 3 is 2.62 bits per heavy atom. The number of urea groups is 1. The molecule has 0 bridgehead atoms. The van der Waals surface area contributed by atoms with Crippen LogP contribution in [0.15, 0.2) is 36.4 Å². The number of rotatable bonds is 5. The van der Waals surface area contributed by atoms with Crippen molar-refractivity contribution >= 4 is 44.4 Å². The molecule has 2 heterocycles. The molecule has 1 aromatic carbocycles. The van der Waals surface area contributed by atoms with E-state index >= 15 is 0 Å². The molecule has 0 aliphatic carbocycles. The van der Waals surface area contributed by atoms with Gasteiger partial charge in [-0.05, 0) is 29.8 Å². The zero-order valence-electron chi connectivity index (χ0n) is 13.8. The Bertz CT molecular complexity index is 1010. The number of carbonyl (C=O) groups excluding carboxylic acids is 3. The number of nitrogens with two attached hydrogens (primary N) is 1. The number of nitrogens with zero attached hydrogens (tertiary/aromatic N) is 2. The summed E-state index contributed by atoms with van der Waals surface area (Å²) >= 11 is 1.31. The first-order chi connectivity index (χ1) is 12.4. The molecule has 3 amide bonds. The zero-order chi connectivity index (χ0) is 18.7. The molecule has 2 aromatic heterocycles. The minimum Gasteiger partial charge on any atom is -0.351 e. The van der Waals surface area contributed by atoms with Crippen molar-refractivity contribution in [2.24, 2.45) is 5.73 Å². The molecule has 0 aliphatic heterocycles. The highest BCUT2D eigenvalue weighted by molar-refractivity contribution is 7.22. The number of ketones is 1. The van der Waals surface area contributed by atoms with Crippen LogP contribution in [0.3, 0.4) is 0 Å². The average Bonchev–Trinajstić information content (AvgIpc) is 3.00. The number of hydrogen-bond donors (Lipinski definition) is 3. The van der Waals surface area contributed by atoms with Gasteiger partial charge in [-0.15, -0.1) is 0 Å². The van der Waals surface area contributed by atoms with E-state index in [0.717, 1.165) is 10.3 Å². The zero-order valence-corrected chi connectivity index (χ0v) is 14.6. The Labute approximate surface area is 152 Å². The molecule has 0 radical (unpaired) electrons. The number of nitrogens with one attached hydrogen (secondary N) is 2. The van der Waals surface area contributed by atoms with Gasteiger partial charge in [-0.3, -0.25) is 14.9 Å². The van der Waals surface area contributed by atoms with Gasteiger partial charge in [0.05, 0.1) is 10.2 Å². The van der Waals surface area contributed by atoms with E-state index in [4.69, 9.17) is 5.73 Å². The third-order valence-corrected chi connectivity index (χ3v) is 4.43. The third kappa shape index (κ3) is 4.01. The van der Waals surface area contributed by atoms with E-state index in [2.05, 4.69) is 20.6 Å². The fourth-order valence-electron chi connectivity index (χ4n) is 2.27. The Hall–Kier alpha value is -3.33. The van der Waals surface area contributed by atoms with Crippen LogP contribution < -0.4 is 16.4 Å². The van der Waals surface area contributed by atoms with Crippen LogP contribution in [-0.2, 0) is 6.54 Å². The molecule has 132 valence electrons. The number of pyridine rings is 1. The summed E-state index contributed by atoms with van der Waals surface area (Å²) in [7, 11) is 0. The van der Waals surface area contributed by atoms with Crippen LogP contribution in [0.25, 0.3) is 10.2 Å². The van der Waals surface area contributed by atoms with Crippen LogP contribution in [0.5, 0.6) is 0 Å². The summed E-state index contributed by atoms with van der Waals surface area (Å²) in [6.45, 7) is 1.67. The van der Waals surface area contributed by atoms with Gasteiger partial charge in [0.25, 0.3) is 5.91 Å². The van der Waals surface area contributed by atoms with Crippen LogP contribution in [0.2, 0.25) is 0 Å². The molecule has 0 saturated heterocycles. The van der Waals surface area contributed by atoms with Gasteiger partial charge in [-0.2, -0.15) is 0 Å². The first-order valence-electron chi connectivity index (χ1n) is 7.64. The van der Waals surface area contributed by atoms with Crippen molar-refractivity contribution < 1.29 is 14.4 Å². The number of carbonyl (C=O) groups is 3. The molecule has 26 heavy (non-hydrogen) atoms. The summed E-state index contributed by atoms with van der Waals surface area (Å²) in [5.41, 5.74) is 7.05. The van der Waals surface area contributed by atoms with E-state index in [1.165, 1.54) is 18.3 Å². The minimum absolute atomic E-state index is 0.181. The van der Waals surface area contributed by atoms with Crippen molar-refractivity contribution in [1.82, 2.24) is 15.3 Å². The van der Waals surface area contributed by atoms with Gasteiger partial charge >= 0.3 is 6.03 Å². The molecule has 9 heteroatoms. The van der Waals surface area contributed by atoms with E-state index in [0.29, 0.717) is 10.6 Å². The lowest BCUT2D eigenvalue weighted by atomic mass is 10.2. The largest absolute Gasteiger partial charge is 0.351 e. The highest BCUT2D eigenvalue weighted by Crippen LogP contribution is 2.26. The van der Waals surface area contributed by atoms with Crippen molar-refractivity contribution in [1.29, 1.82) is 0 Å². The van der Waals surface area contributed by atoms with Crippen LogP contribution in [-0.4, -0.2) is 27.7 Å². The van der Waals surface area contributed by atoms with Gasteiger partial charge in [0.15, 0.2) is 10.9 Å². The van der Waals surface area contributed by atoms with Gasteiger partial charge in [-0.1, -0.05) is 23.5 Å². The van der Waals surface area contributed by atoms with Gasteiger partial charge in [0, 0.05) is 13.5 Å². The molecule has 3 aromatic rings. The highest BCUT2D eigenvalue weighted by atomic mass is 32.1. The molecular weight excluding hydrogens is 354 g/mol. The van der Waals surface area contributed by atoms with E-state index < -0.39 is 6.03 Å². The SMILES string of the molecule is CC(=O)c1cccc(C(=O)NCc2ccc3sc(NC(N)=O)nc3c2)n1. The minimum atomic E-state index is -0.670. The quantitative estimate of drug-likeness (QED) is 0.595. The van der Waals surface area contributed by atoms with E-state index in [1.54, 1.807) is 18.2 Å². The first kappa shape index (κ1) is 17.5. The second kappa shape index (κ2) is 7.28. The molecular formula is C17H15N5O3S. The van der Waals surface area contributed by atoms with Gasteiger partial charge in [0.1, 0.15) is 11.4 Å². The Morgan fingerprint density at radius 2 is 1.88 bits per heavy atom. The summed E-state index contributed by atoms with van der Waals surface area (Å²) in [6.07, 6.45) is 0. The Balaban J connectivity index is 1.70. The Morgan fingerprint density at radius 1 is 1.12 bits per heavy atom. The van der Waals surface area contributed by atoms with Crippen LogP contribution in [0.1, 0.15) is 33.5 Å². The van der Waals surface area contributed by atoms with E-state index in [9.17, 15) is 14.4 Å².